The molecule has 5 heteroatoms. The van der Waals surface area contributed by atoms with Crippen LogP contribution in [0.4, 0.5) is 0 Å². The third kappa shape index (κ3) is 3.64. The van der Waals surface area contributed by atoms with Gasteiger partial charge in [0.25, 0.3) is 0 Å². The van der Waals surface area contributed by atoms with Crippen LogP contribution in [0.15, 0.2) is 36.7 Å². The molecule has 2 atom stereocenters. The first-order valence-corrected chi connectivity index (χ1v) is 9.51. The third-order valence-corrected chi connectivity index (χ3v) is 5.69. The highest BCUT2D eigenvalue weighted by molar-refractivity contribution is 5.27. The number of imidazole rings is 1. The largest absolute Gasteiger partial charge is 0.395 e. The fourth-order valence-corrected chi connectivity index (χ4v) is 4.25. The van der Waals surface area contributed by atoms with Crippen molar-refractivity contribution in [2.45, 2.75) is 57.4 Å². The minimum Gasteiger partial charge on any atom is -0.395 e. The Morgan fingerprint density at radius 3 is 2.84 bits per heavy atom. The van der Waals surface area contributed by atoms with E-state index in [1.54, 1.807) is 0 Å². The number of aliphatic hydroxyl groups is 1. The summed E-state index contributed by atoms with van der Waals surface area (Å²) >= 11 is 0. The summed E-state index contributed by atoms with van der Waals surface area (Å²) in [6.07, 6.45) is 8.65. The van der Waals surface area contributed by atoms with E-state index in [4.69, 9.17) is 0 Å². The van der Waals surface area contributed by atoms with E-state index >= 15 is 0 Å². The summed E-state index contributed by atoms with van der Waals surface area (Å²) in [5.41, 5.74) is 2.73. The van der Waals surface area contributed by atoms with Crippen LogP contribution in [0.1, 0.15) is 48.7 Å². The van der Waals surface area contributed by atoms with Crippen molar-refractivity contribution in [3.63, 3.8) is 0 Å². The molecule has 25 heavy (non-hydrogen) atoms. The van der Waals surface area contributed by atoms with Gasteiger partial charge in [-0.15, -0.1) is 0 Å². The molecule has 5 nitrogen and oxygen atoms in total. The van der Waals surface area contributed by atoms with Gasteiger partial charge < -0.3 is 15.0 Å². The van der Waals surface area contributed by atoms with Gasteiger partial charge >= 0.3 is 0 Å². The molecular formula is C20H28N4O. The van der Waals surface area contributed by atoms with Gasteiger partial charge in [0.2, 0.25) is 0 Å². The summed E-state index contributed by atoms with van der Waals surface area (Å²) in [7, 11) is 0. The van der Waals surface area contributed by atoms with Gasteiger partial charge in [-0.2, -0.15) is 0 Å². The van der Waals surface area contributed by atoms with Crippen LogP contribution in [0.3, 0.4) is 0 Å². The first-order valence-electron chi connectivity index (χ1n) is 9.51. The van der Waals surface area contributed by atoms with Gasteiger partial charge in [0.05, 0.1) is 12.6 Å². The maximum Gasteiger partial charge on any atom is 0.125 e. The standard InChI is InChI=1S/C20H28N4O/c25-15-18-7-3-11-24(18)14-17-6-2-1-5-16(17)13-22-19-8-4-10-23-12-9-21-20(19)23/h1-2,5-6,9,12,18-19,22,25H,3-4,7-8,10-11,13-15H2. The normalized spacial score (nSPS) is 23.7. The van der Waals surface area contributed by atoms with Gasteiger partial charge in [0.1, 0.15) is 5.82 Å². The predicted octanol–water partition coefficient (Wildman–Crippen LogP) is 2.46. The zero-order chi connectivity index (χ0) is 17.1. The van der Waals surface area contributed by atoms with Crippen LogP contribution in [-0.4, -0.2) is 38.8 Å². The number of benzene rings is 1. The Morgan fingerprint density at radius 2 is 1.96 bits per heavy atom. The van der Waals surface area contributed by atoms with E-state index in [1.165, 1.54) is 29.8 Å². The number of hydrogen-bond donors (Lipinski definition) is 2. The molecule has 0 radical (unpaired) electrons. The Labute approximate surface area is 149 Å². The number of nitrogens with one attached hydrogen (secondary N) is 1. The summed E-state index contributed by atoms with van der Waals surface area (Å²) in [6.45, 7) is 4.24. The summed E-state index contributed by atoms with van der Waals surface area (Å²) in [6, 6.07) is 9.36. The zero-order valence-electron chi connectivity index (χ0n) is 14.8. The van der Waals surface area contributed by atoms with E-state index in [1.807, 2.05) is 6.20 Å². The number of nitrogens with zero attached hydrogens (tertiary/aromatic N) is 3. The topological polar surface area (TPSA) is 53.3 Å². The molecule has 2 aliphatic rings. The molecule has 3 heterocycles. The second-order valence-corrected chi connectivity index (χ2v) is 7.27. The van der Waals surface area contributed by atoms with Crippen molar-refractivity contribution >= 4 is 0 Å². The highest BCUT2D eigenvalue weighted by Gasteiger charge is 2.25. The Bertz CT molecular complexity index is 699. The Balaban J connectivity index is 1.43. The number of aromatic nitrogens is 2. The lowest BCUT2D eigenvalue weighted by Gasteiger charge is -2.26. The summed E-state index contributed by atoms with van der Waals surface area (Å²) < 4.78 is 2.27. The quantitative estimate of drug-likeness (QED) is 0.848. The minimum absolute atomic E-state index is 0.269. The van der Waals surface area contributed by atoms with Crippen LogP contribution >= 0.6 is 0 Å². The fourth-order valence-electron chi connectivity index (χ4n) is 4.25. The van der Waals surface area contributed by atoms with Crippen molar-refractivity contribution in [1.29, 1.82) is 0 Å². The number of hydrogen-bond acceptors (Lipinski definition) is 4. The second-order valence-electron chi connectivity index (χ2n) is 7.27. The van der Waals surface area contributed by atoms with Crippen molar-refractivity contribution in [2.75, 3.05) is 13.2 Å². The molecule has 2 aliphatic heterocycles. The SMILES string of the molecule is OCC1CCCN1Cc1ccccc1CNC1CCCn2ccnc21. The molecule has 1 aromatic heterocycles. The Kier molecular flexibility index (Phi) is 5.15. The van der Waals surface area contributed by atoms with Crippen LogP contribution in [0, 0.1) is 0 Å². The average Bonchev–Trinajstić information content (AvgIpc) is 3.30. The average molecular weight is 340 g/mol. The molecule has 0 saturated carbocycles. The fraction of sp³-hybridized carbons (Fsp3) is 0.550. The first kappa shape index (κ1) is 16.8. The lowest BCUT2D eigenvalue weighted by Crippen LogP contribution is -2.32. The maximum absolute atomic E-state index is 9.57. The maximum atomic E-state index is 9.57. The van der Waals surface area contributed by atoms with E-state index in [0.717, 1.165) is 39.0 Å². The number of aryl methyl sites for hydroxylation is 1. The van der Waals surface area contributed by atoms with Gasteiger partial charge in [-0.3, -0.25) is 4.90 Å². The number of aliphatic hydroxyl groups excluding tert-OH is 1. The molecular weight excluding hydrogens is 312 g/mol. The lowest BCUT2D eigenvalue weighted by molar-refractivity contribution is 0.153. The van der Waals surface area contributed by atoms with Crippen molar-refractivity contribution < 1.29 is 5.11 Å². The summed E-state index contributed by atoms with van der Waals surface area (Å²) in [5.74, 6) is 1.17. The number of rotatable bonds is 6. The van der Waals surface area contributed by atoms with E-state index < -0.39 is 0 Å². The van der Waals surface area contributed by atoms with E-state index in [0.29, 0.717) is 12.1 Å². The highest BCUT2D eigenvalue weighted by Crippen LogP contribution is 2.25. The van der Waals surface area contributed by atoms with Crippen molar-refractivity contribution in [2.24, 2.45) is 0 Å². The second kappa shape index (κ2) is 7.68. The van der Waals surface area contributed by atoms with Gasteiger partial charge in [0.15, 0.2) is 0 Å². The molecule has 1 aromatic carbocycles. The molecule has 2 unspecified atom stereocenters. The van der Waals surface area contributed by atoms with Gasteiger partial charge in [-0.05, 0) is 43.4 Å². The summed E-state index contributed by atoms with van der Waals surface area (Å²) in [4.78, 5) is 6.96. The molecule has 0 bridgehead atoms. The Hall–Kier alpha value is -1.69. The molecule has 2 aromatic rings. The van der Waals surface area contributed by atoms with Crippen molar-refractivity contribution in [3.8, 4) is 0 Å². The van der Waals surface area contributed by atoms with Crippen LogP contribution in [-0.2, 0) is 19.6 Å². The van der Waals surface area contributed by atoms with Gasteiger partial charge in [0, 0.05) is 38.1 Å². The van der Waals surface area contributed by atoms with Crippen LogP contribution in [0.25, 0.3) is 0 Å². The molecule has 1 saturated heterocycles. The molecule has 4 rings (SSSR count). The van der Waals surface area contributed by atoms with Crippen LogP contribution in [0.2, 0.25) is 0 Å². The Morgan fingerprint density at radius 1 is 1.12 bits per heavy atom. The zero-order valence-corrected chi connectivity index (χ0v) is 14.8. The summed E-state index contributed by atoms with van der Waals surface area (Å²) in [5, 5.41) is 13.3. The van der Waals surface area contributed by atoms with Crippen LogP contribution < -0.4 is 5.32 Å². The molecule has 134 valence electrons. The van der Waals surface area contributed by atoms with E-state index in [9.17, 15) is 5.11 Å². The molecule has 0 amide bonds. The van der Waals surface area contributed by atoms with Gasteiger partial charge in [-0.1, -0.05) is 24.3 Å². The molecule has 2 N–H and O–H groups in total. The smallest absolute Gasteiger partial charge is 0.125 e. The van der Waals surface area contributed by atoms with Crippen molar-refractivity contribution in [1.82, 2.24) is 19.8 Å². The number of fused-ring (bicyclic) bond motifs is 1. The van der Waals surface area contributed by atoms with E-state index in [2.05, 4.69) is 50.2 Å². The molecule has 1 fully saturated rings. The molecule has 0 aliphatic carbocycles. The van der Waals surface area contributed by atoms with Crippen LogP contribution in [0.5, 0.6) is 0 Å². The third-order valence-electron chi connectivity index (χ3n) is 5.69. The lowest BCUT2D eigenvalue weighted by atomic mass is 10.0. The number of likely N-dealkylation sites (tertiary alicyclic amines) is 1. The molecule has 0 spiro atoms. The van der Waals surface area contributed by atoms with E-state index in [-0.39, 0.29) is 6.61 Å². The van der Waals surface area contributed by atoms with Crippen molar-refractivity contribution in [3.05, 3.63) is 53.6 Å². The van der Waals surface area contributed by atoms with Gasteiger partial charge in [-0.25, -0.2) is 4.98 Å². The minimum atomic E-state index is 0.269. The highest BCUT2D eigenvalue weighted by atomic mass is 16.3. The first-order chi connectivity index (χ1) is 12.3. The monoisotopic (exact) mass is 340 g/mol. The predicted molar refractivity (Wildman–Crippen MR) is 98.0 cm³/mol.